The molecule has 1 saturated heterocycles. The van der Waals surface area contributed by atoms with Gasteiger partial charge in [0.1, 0.15) is 0 Å². The summed E-state index contributed by atoms with van der Waals surface area (Å²) in [7, 11) is 3.37. The first kappa shape index (κ1) is 16.8. The summed E-state index contributed by atoms with van der Waals surface area (Å²) in [4.78, 5) is 17.9. The van der Waals surface area contributed by atoms with Crippen molar-refractivity contribution in [3.8, 4) is 11.4 Å². The second-order valence-electron chi connectivity index (χ2n) is 5.96. The summed E-state index contributed by atoms with van der Waals surface area (Å²) in [6.07, 6.45) is 5.11. The third-order valence-electron chi connectivity index (χ3n) is 4.44. The van der Waals surface area contributed by atoms with Crippen molar-refractivity contribution >= 4 is 18.2 Å². The van der Waals surface area contributed by atoms with Crippen LogP contribution in [0.3, 0.4) is 0 Å². The number of hydrogen-bond donors (Lipinski definition) is 0. The summed E-state index contributed by atoms with van der Waals surface area (Å²) < 4.78 is 9.25. The molecule has 0 atom stereocenters. The molecule has 0 amide bonds. The molecule has 3 heterocycles. The van der Waals surface area contributed by atoms with Crippen LogP contribution in [0.5, 0.6) is 0 Å². The van der Waals surface area contributed by atoms with Gasteiger partial charge in [-0.05, 0) is 37.2 Å². The number of rotatable bonds is 4. The van der Waals surface area contributed by atoms with E-state index in [0.717, 1.165) is 37.3 Å². The molecule has 3 rings (SSSR count). The van der Waals surface area contributed by atoms with Gasteiger partial charge in [0.05, 0.1) is 19.7 Å². The summed E-state index contributed by atoms with van der Waals surface area (Å²) >= 11 is 5.51. The maximum Gasteiger partial charge on any atom is 0.308 e. The molecule has 0 N–H and O–H groups in total. The van der Waals surface area contributed by atoms with E-state index in [9.17, 15) is 4.79 Å². The lowest BCUT2D eigenvalue weighted by Gasteiger charge is -2.30. The first-order valence-corrected chi connectivity index (χ1v) is 8.35. The van der Waals surface area contributed by atoms with E-state index < -0.39 is 0 Å². The lowest BCUT2D eigenvalue weighted by atomic mass is 9.97. The zero-order chi connectivity index (χ0) is 17.1. The van der Waals surface area contributed by atoms with Crippen LogP contribution in [0.2, 0.25) is 0 Å². The number of aromatic nitrogens is 4. The van der Waals surface area contributed by atoms with Crippen molar-refractivity contribution in [2.24, 2.45) is 13.0 Å². The minimum absolute atomic E-state index is 0.00957. The molecule has 0 aromatic carbocycles. The van der Waals surface area contributed by atoms with Gasteiger partial charge in [0.25, 0.3) is 0 Å². The van der Waals surface area contributed by atoms with E-state index in [1.165, 1.54) is 7.11 Å². The lowest BCUT2D eigenvalue weighted by Crippen LogP contribution is -2.38. The first-order valence-electron chi connectivity index (χ1n) is 7.94. The molecule has 0 aliphatic carbocycles. The number of carbonyl (C=O) groups excluding carboxylic acids is 1. The van der Waals surface area contributed by atoms with E-state index in [1.54, 1.807) is 12.4 Å². The average molecular weight is 347 g/mol. The number of ether oxygens (including phenoxy) is 1. The molecule has 24 heavy (non-hydrogen) atoms. The number of hydrogen-bond acceptors (Lipinski definition) is 6. The van der Waals surface area contributed by atoms with Crippen LogP contribution < -0.4 is 0 Å². The molecule has 7 nitrogen and oxygen atoms in total. The Morgan fingerprint density at radius 1 is 1.33 bits per heavy atom. The highest BCUT2D eigenvalue weighted by atomic mass is 32.1. The second kappa shape index (κ2) is 7.23. The lowest BCUT2D eigenvalue weighted by molar-refractivity contribution is -0.147. The minimum Gasteiger partial charge on any atom is -0.469 e. The van der Waals surface area contributed by atoms with Crippen LogP contribution in [-0.4, -0.2) is 50.4 Å². The summed E-state index contributed by atoms with van der Waals surface area (Å²) in [5.41, 5.74) is 0.988. The maximum atomic E-state index is 11.6. The van der Waals surface area contributed by atoms with Crippen LogP contribution in [0.1, 0.15) is 12.8 Å². The van der Waals surface area contributed by atoms with Gasteiger partial charge in [-0.2, -0.15) is 5.10 Å². The van der Waals surface area contributed by atoms with E-state index in [4.69, 9.17) is 17.0 Å². The number of methoxy groups -OCH3 is 1. The third kappa shape index (κ3) is 3.39. The predicted molar refractivity (Wildman–Crippen MR) is 91.6 cm³/mol. The van der Waals surface area contributed by atoms with Crippen molar-refractivity contribution in [3.63, 3.8) is 0 Å². The molecule has 0 unspecified atom stereocenters. The fourth-order valence-corrected chi connectivity index (χ4v) is 3.18. The van der Waals surface area contributed by atoms with Crippen LogP contribution in [0.15, 0.2) is 24.5 Å². The Hall–Kier alpha value is -2.06. The van der Waals surface area contributed by atoms with Gasteiger partial charge < -0.3 is 9.30 Å². The molecule has 1 aliphatic heterocycles. The number of likely N-dealkylation sites (tertiary alicyclic amines) is 1. The van der Waals surface area contributed by atoms with Gasteiger partial charge in [0.2, 0.25) is 0 Å². The number of nitrogens with zero attached hydrogens (tertiary/aromatic N) is 5. The largest absolute Gasteiger partial charge is 0.469 e. The van der Waals surface area contributed by atoms with Gasteiger partial charge in [-0.25, -0.2) is 4.68 Å². The van der Waals surface area contributed by atoms with E-state index >= 15 is 0 Å². The van der Waals surface area contributed by atoms with Crippen molar-refractivity contribution in [2.45, 2.75) is 19.5 Å². The Morgan fingerprint density at radius 2 is 2.00 bits per heavy atom. The van der Waals surface area contributed by atoms with Gasteiger partial charge in [-0.3, -0.25) is 14.7 Å². The topological polar surface area (TPSA) is 65.2 Å². The summed E-state index contributed by atoms with van der Waals surface area (Å²) in [6.45, 7) is 2.30. The monoisotopic (exact) mass is 347 g/mol. The first-order chi connectivity index (χ1) is 11.6. The molecule has 8 heteroatoms. The van der Waals surface area contributed by atoms with Crippen LogP contribution in [-0.2, 0) is 23.2 Å². The Kier molecular flexibility index (Phi) is 5.06. The van der Waals surface area contributed by atoms with Gasteiger partial charge in [-0.15, -0.1) is 0 Å². The van der Waals surface area contributed by atoms with Gasteiger partial charge in [-0.1, -0.05) is 0 Å². The average Bonchev–Trinajstić information content (AvgIpc) is 2.91. The summed E-state index contributed by atoms with van der Waals surface area (Å²) in [6, 6.07) is 3.84. The highest BCUT2D eigenvalue weighted by Crippen LogP contribution is 2.20. The Labute approximate surface area is 145 Å². The fourth-order valence-electron chi connectivity index (χ4n) is 3.00. The van der Waals surface area contributed by atoms with E-state index in [2.05, 4.69) is 15.0 Å². The number of esters is 1. The fraction of sp³-hybridized carbons (Fsp3) is 0.500. The molecule has 0 bridgehead atoms. The smallest absolute Gasteiger partial charge is 0.308 e. The molecule has 1 aliphatic rings. The zero-order valence-corrected chi connectivity index (χ0v) is 14.7. The van der Waals surface area contributed by atoms with Crippen molar-refractivity contribution in [3.05, 3.63) is 29.3 Å². The van der Waals surface area contributed by atoms with Gasteiger partial charge in [0.15, 0.2) is 10.6 Å². The van der Waals surface area contributed by atoms with E-state index in [1.807, 2.05) is 28.4 Å². The maximum absolute atomic E-state index is 11.6. The molecule has 128 valence electrons. The highest BCUT2D eigenvalue weighted by Gasteiger charge is 2.26. The molecular formula is C16H21N5O2S. The number of carbonyl (C=O) groups is 1. The molecule has 0 radical (unpaired) electrons. The Balaban J connectivity index is 1.71. The van der Waals surface area contributed by atoms with E-state index in [0.29, 0.717) is 11.4 Å². The number of piperidine rings is 1. The van der Waals surface area contributed by atoms with Crippen molar-refractivity contribution in [2.75, 3.05) is 20.2 Å². The van der Waals surface area contributed by atoms with Crippen LogP contribution in [0.25, 0.3) is 11.4 Å². The van der Waals surface area contributed by atoms with Crippen molar-refractivity contribution in [1.29, 1.82) is 0 Å². The molecule has 2 aromatic rings. The SMILES string of the molecule is COC(=O)C1CCN(Cn2nc(-c3ccncc3)n(C)c2=S)CC1. The van der Waals surface area contributed by atoms with Crippen molar-refractivity contribution < 1.29 is 9.53 Å². The quantitative estimate of drug-likeness (QED) is 0.621. The second-order valence-corrected chi connectivity index (χ2v) is 6.32. The molecule has 2 aromatic heterocycles. The summed E-state index contributed by atoms with van der Waals surface area (Å²) in [5, 5.41) is 4.66. The van der Waals surface area contributed by atoms with Crippen LogP contribution in [0.4, 0.5) is 0 Å². The van der Waals surface area contributed by atoms with Crippen LogP contribution in [0, 0.1) is 10.7 Å². The van der Waals surface area contributed by atoms with Crippen molar-refractivity contribution in [1.82, 2.24) is 24.2 Å². The minimum atomic E-state index is -0.107. The standard InChI is InChI=1S/C16H21N5O2S/c1-19-14(12-3-7-17-8-4-12)18-21(16(19)24)11-20-9-5-13(6-10-20)15(22)23-2/h3-4,7-8,13H,5-6,9-11H2,1-2H3. The zero-order valence-electron chi connectivity index (χ0n) is 13.9. The van der Waals surface area contributed by atoms with E-state index in [-0.39, 0.29) is 11.9 Å². The third-order valence-corrected chi connectivity index (χ3v) is 4.92. The molecule has 0 saturated carbocycles. The number of pyridine rings is 1. The molecule has 1 fully saturated rings. The highest BCUT2D eigenvalue weighted by molar-refractivity contribution is 7.71. The normalized spacial score (nSPS) is 16.2. The Bertz CT molecular complexity index is 763. The van der Waals surface area contributed by atoms with Gasteiger partial charge in [0, 0.05) is 38.1 Å². The molecule has 0 spiro atoms. The van der Waals surface area contributed by atoms with Crippen LogP contribution >= 0.6 is 12.2 Å². The van der Waals surface area contributed by atoms with Gasteiger partial charge >= 0.3 is 5.97 Å². The Morgan fingerprint density at radius 3 is 2.62 bits per heavy atom. The molecular weight excluding hydrogens is 326 g/mol. The summed E-state index contributed by atoms with van der Waals surface area (Å²) in [5.74, 6) is 0.728. The predicted octanol–water partition coefficient (Wildman–Crippen LogP) is 1.86.